The number of hydrogen-bond donors (Lipinski definition) is 1. The van der Waals surface area contributed by atoms with Gasteiger partial charge in [-0.2, -0.15) is 0 Å². The van der Waals surface area contributed by atoms with Crippen LogP contribution in [0.2, 0.25) is 0 Å². The van der Waals surface area contributed by atoms with Gasteiger partial charge in [-0.25, -0.2) is 0 Å². The smallest absolute Gasteiger partial charge is 0.256 e. The number of rotatable bonds is 1. The quantitative estimate of drug-likeness (QED) is 0.789. The van der Waals surface area contributed by atoms with E-state index in [-0.39, 0.29) is 12.2 Å². The third kappa shape index (κ3) is 1.53. The van der Waals surface area contributed by atoms with Crippen molar-refractivity contribution >= 4 is 10.9 Å². The Morgan fingerprint density at radius 3 is 2.44 bits per heavy atom. The molecule has 0 saturated carbocycles. The molecule has 1 N–H and O–H groups in total. The molecule has 3 heteroatoms. The minimum Gasteiger partial charge on any atom is -0.391 e. The Balaban J connectivity index is 2.93. The maximum Gasteiger partial charge on any atom is 0.256 e. The average Bonchev–Trinajstić information content (AvgIpc) is 2.26. The van der Waals surface area contributed by atoms with Gasteiger partial charge in [0.1, 0.15) is 0 Å². The van der Waals surface area contributed by atoms with E-state index < -0.39 is 0 Å². The Bertz CT molecular complexity index is 611. The lowest BCUT2D eigenvalue weighted by Gasteiger charge is -2.10. The van der Waals surface area contributed by atoms with Crippen LogP contribution in [0.15, 0.2) is 23.0 Å². The first-order valence-corrected chi connectivity index (χ1v) is 5.25. The van der Waals surface area contributed by atoms with Crippen LogP contribution in [-0.2, 0) is 13.7 Å². The lowest BCUT2D eigenvalue weighted by Crippen LogP contribution is -2.21. The van der Waals surface area contributed by atoms with Gasteiger partial charge < -0.3 is 9.67 Å². The van der Waals surface area contributed by atoms with Crippen LogP contribution >= 0.6 is 0 Å². The molecule has 0 bridgehead atoms. The molecule has 3 nitrogen and oxygen atoms in total. The highest BCUT2D eigenvalue weighted by atomic mass is 16.3. The van der Waals surface area contributed by atoms with Crippen molar-refractivity contribution in [3.8, 4) is 0 Å². The predicted octanol–water partition coefficient (Wildman–Crippen LogP) is 1.65. The predicted molar refractivity (Wildman–Crippen MR) is 64.6 cm³/mol. The molecular formula is C13H15NO2. The third-order valence-electron chi connectivity index (χ3n) is 3.08. The average molecular weight is 217 g/mol. The molecule has 0 aliphatic heterocycles. The van der Waals surface area contributed by atoms with Crippen LogP contribution in [-0.4, -0.2) is 9.67 Å². The van der Waals surface area contributed by atoms with Crippen molar-refractivity contribution in [1.82, 2.24) is 4.57 Å². The monoisotopic (exact) mass is 217 g/mol. The number of pyridine rings is 1. The molecule has 16 heavy (non-hydrogen) atoms. The number of nitrogens with zero attached hydrogens (tertiary/aromatic N) is 1. The first-order chi connectivity index (χ1) is 7.54. The molecule has 2 aromatic rings. The summed E-state index contributed by atoms with van der Waals surface area (Å²) in [5.41, 5.74) is 3.58. The van der Waals surface area contributed by atoms with Crippen LogP contribution in [0, 0.1) is 13.8 Å². The number of benzene rings is 1. The SMILES string of the molecule is Cc1cc2cc(CO)c(=O)n(C)c2cc1C. The van der Waals surface area contributed by atoms with Crippen LogP contribution in [0.5, 0.6) is 0 Å². The Kier molecular flexibility index (Phi) is 2.56. The van der Waals surface area contributed by atoms with Gasteiger partial charge in [-0.3, -0.25) is 4.79 Å². The number of aliphatic hydroxyl groups excluding tert-OH is 1. The summed E-state index contributed by atoms with van der Waals surface area (Å²) in [6, 6.07) is 5.82. The molecule has 1 heterocycles. The van der Waals surface area contributed by atoms with Crippen LogP contribution < -0.4 is 5.56 Å². The van der Waals surface area contributed by atoms with Gasteiger partial charge in [0.05, 0.1) is 12.1 Å². The van der Waals surface area contributed by atoms with E-state index in [0.29, 0.717) is 5.56 Å². The van der Waals surface area contributed by atoms with Gasteiger partial charge in [0.2, 0.25) is 0 Å². The summed E-state index contributed by atoms with van der Waals surface area (Å²) in [5.74, 6) is 0. The number of aliphatic hydroxyl groups is 1. The van der Waals surface area contributed by atoms with Crippen molar-refractivity contribution < 1.29 is 5.11 Å². The van der Waals surface area contributed by atoms with E-state index in [1.165, 1.54) is 11.1 Å². The molecule has 0 saturated heterocycles. The standard InChI is InChI=1S/C13H15NO2/c1-8-4-10-6-11(7-15)13(16)14(3)12(10)5-9(8)2/h4-6,15H,7H2,1-3H3. The molecule has 1 aromatic carbocycles. The van der Waals surface area contributed by atoms with Gasteiger partial charge in [0.15, 0.2) is 0 Å². The summed E-state index contributed by atoms with van der Waals surface area (Å²) in [7, 11) is 1.73. The topological polar surface area (TPSA) is 42.2 Å². The van der Waals surface area contributed by atoms with E-state index in [4.69, 9.17) is 5.11 Å². The normalized spacial score (nSPS) is 11.0. The fraction of sp³-hybridized carbons (Fsp3) is 0.308. The molecule has 84 valence electrons. The van der Waals surface area contributed by atoms with Crippen molar-refractivity contribution in [3.05, 3.63) is 45.2 Å². The second kappa shape index (κ2) is 3.76. The first-order valence-electron chi connectivity index (χ1n) is 5.25. The van der Waals surface area contributed by atoms with E-state index in [1.807, 2.05) is 26.0 Å². The van der Waals surface area contributed by atoms with E-state index >= 15 is 0 Å². The van der Waals surface area contributed by atoms with Crippen LogP contribution in [0.4, 0.5) is 0 Å². The highest BCUT2D eigenvalue weighted by molar-refractivity contribution is 5.81. The Hall–Kier alpha value is -1.61. The lowest BCUT2D eigenvalue weighted by atomic mass is 10.0. The van der Waals surface area contributed by atoms with Crippen molar-refractivity contribution in [2.45, 2.75) is 20.5 Å². The molecule has 1 aromatic heterocycles. The summed E-state index contributed by atoms with van der Waals surface area (Å²) < 4.78 is 1.59. The summed E-state index contributed by atoms with van der Waals surface area (Å²) in [6.45, 7) is 3.85. The van der Waals surface area contributed by atoms with Gasteiger partial charge in [-0.05, 0) is 48.6 Å². The minimum absolute atomic E-state index is 0.127. The Morgan fingerprint density at radius 2 is 1.81 bits per heavy atom. The minimum atomic E-state index is -0.213. The van der Waals surface area contributed by atoms with Crippen LogP contribution in [0.1, 0.15) is 16.7 Å². The highest BCUT2D eigenvalue weighted by Gasteiger charge is 2.06. The van der Waals surface area contributed by atoms with Crippen LogP contribution in [0.3, 0.4) is 0 Å². The highest BCUT2D eigenvalue weighted by Crippen LogP contribution is 2.18. The number of aromatic nitrogens is 1. The molecular weight excluding hydrogens is 202 g/mol. The van der Waals surface area contributed by atoms with Crippen LogP contribution in [0.25, 0.3) is 10.9 Å². The summed E-state index contributed by atoms with van der Waals surface area (Å²) >= 11 is 0. The molecule has 0 aliphatic rings. The molecule has 0 atom stereocenters. The second-order valence-corrected chi connectivity index (χ2v) is 4.19. The summed E-state index contributed by atoms with van der Waals surface area (Å²) in [4.78, 5) is 11.8. The van der Waals surface area contributed by atoms with Gasteiger partial charge in [-0.15, -0.1) is 0 Å². The maximum atomic E-state index is 11.8. The fourth-order valence-corrected chi connectivity index (χ4v) is 1.92. The van der Waals surface area contributed by atoms with E-state index in [0.717, 1.165) is 10.9 Å². The van der Waals surface area contributed by atoms with Gasteiger partial charge >= 0.3 is 0 Å². The number of aryl methyl sites for hydroxylation is 3. The molecule has 2 rings (SSSR count). The van der Waals surface area contributed by atoms with E-state index in [1.54, 1.807) is 17.7 Å². The Morgan fingerprint density at radius 1 is 1.19 bits per heavy atom. The zero-order chi connectivity index (χ0) is 11.9. The zero-order valence-electron chi connectivity index (χ0n) is 9.74. The molecule has 0 radical (unpaired) electrons. The van der Waals surface area contributed by atoms with Gasteiger partial charge in [0, 0.05) is 12.6 Å². The molecule has 0 fully saturated rings. The third-order valence-corrected chi connectivity index (χ3v) is 3.08. The van der Waals surface area contributed by atoms with Gasteiger partial charge in [-0.1, -0.05) is 0 Å². The fourth-order valence-electron chi connectivity index (χ4n) is 1.92. The maximum absolute atomic E-state index is 11.8. The molecule has 0 unspecified atom stereocenters. The summed E-state index contributed by atoms with van der Waals surface area (Å²) in [6.07, 6.45) is 0. The molecule has 0 aliphatic carbocycles. The second-order valence-electron chi connectivity index (χ2n) is 4.19. The first kappa shape index (κ1) is 10.9. The van der Waals surface area contributed by atoms with Crippen molar-refractivity contribution in [1.29, 1.82) is 0 Å². The lowest BCUT2D eigenvalue weighted by molar-refractivity contribution is 0.279. The van der Waals surface area contributed by atoms with E-state index in [9.17, 15) is 4.79 Å². The largest absolute Gasteiger partial charge is 0.391 e. The Labute approximate surface area is 94.0 Å². The number of fused-ring (bicyclic) bond motifs is 1. The number of hydrogen-bond acceptors (Lipinski definition) is 2. The molecule has 0 spiro atoms. The van der Waals surface area contributed by atoms with Crippen molar-refractivity contribution in [2.24, 2.45) is 7.05 Å². The van der Waals surface area contributed by atoms with E-state index in [2.05, 4.69) is 0 Å². The van der Waals surface area contributed by atoms with Gasteiger partial charge in [0.25, 0.3) is 5.56 Å². The zero-order valence-corrected chi connectivity index (χ0v) is 9.74. The van der Waals surface area contributed by atoms with Crippen molar-refractivity contribution in [2.75, 3.05) is 0 Å². The molecule has 0 amide bonds. The van der Waals surface area contributed by atoms with Crippen molar-refractivity contribution in [3.63, 3.8) is 0 Å². The summed E-state index contributed by atoms with van der Waals surface area (Å²) in [5, 5.41) is 10.1.